The van der Waals surface area contributed by atoms with E-state index in [0.29, 0.717) is 11.8 Å². The van der Waals surface area contributed by atoms with E-state index in [4.69, 9.17) is 0 Å². The van der Waals surface area contributed by atoms with E-state index < -0.39 is 6.17 Å². The molecule has 0 saturated heterocycles. The first-order valence-electron chi connectivity index (χ1n) is 7.65. The maximum atomic E-state index is 15.0. The Hall–Kier alpha value is -1.05. The van der Waals surface area contributed by atoms with E-state index in [9.17, 15) is 4.39 Å². The average Bonchev–Trinajstić information content (AvgIpc) is 2.84. The Balaban J connectivity index is 1.84. The van der Waals surface area contributed by atoms with Crippen molar-refractivity contribution >= 4 is 5.69 Å². The summed E-state index contributed by atoms with van der Waals surface area (Å²) in [5, 5.41) is 3.37. The van der Waals surface area contributed by atoms with Gasteiger partial charge in [0.25, 0.3) is 0 Å². The first kappa shape index (κ1) is 13.0. The Bertz CT molecular complexity index is 447. The summed E-state index contributed by atoms with van der Waals surface area (Å²) >= 11 is 0. The van der Waals surface area contributed by atoms with Gasteiger partial charge in [-0.15, -0.1) is 0 Å². The largest absolute Gasteiger partial charge is 0.384 e. The van der Waals surface area contributed by atoms with Crippen molar-refractivity contribution in [1.29, 1.82) is 0 Å². The molecular formula is C17H24FN. The molecule has 0 bridgehead atoms. The molecule has 1 aliphatic carbocycles. The molecule has 1 N–H and O–H groups in total. The number of nitrogens with one attached hydrogen (secondary N) is 1. The number of rotatable bonds is 2. The van der Waals surface area contributed by atoms with E-state index in [1.807, 2.05) is 12.1 Å². The predicted molar refractivity (Wildman–Crippen MR) is 78.2 cm³/mol. The van der Waals surface area contributed by atoms with Gasteiger partial charge in [0.05, 0.1) is 0 Å². The summed E-state index contributed by atoms with van der Waals surface area (Å²) in [5.41, 5.74) is 3.28. The zero-order valence-corrected chi connectivity index (χ0v) is 12.0. The highest BCUT2D eigenvalue weighted by Crippen LogP contribution is 2.44. The second-order valence-electron chi connectivity index (χ2n) is 6.64. The SMILES string of the molecule is CC1CC(C)CC(C(F)c2cccc3c2NCC3)C1. The smallest absolute Gasteiger partial charge is 0.130 e. The van der Waals surface area contributed by atoms with E-state index in [-0.39, 0.29) is 5.92 Å². The molecule has 3 unspecified atom stereocenters. The first-order chi connectivity index (χ1) is 9.15. The second-order valence-corrected chi connectivity index (χ2v) is 6.64. The number of fused-ring (bicyclic) bond motifs is 1. The van der Waals surface area contributed by atoms with Gasteiger partial charge in [-0.05, 0) is 49.0 Å². The predicted octanol–water partition coefficient (Wildman–Crippen LogP) is 4.74. The molecule has 3 atom stereocenters. The van der Waals surface area contributed by atoms with E-state index in [2.05, 4.69) is 25.2 Å². The lowest BCUT2D eigenvalue weighted by Crippen LogP contribution is -2.23. The van der Waals surface area contributed by atoms with Crippen LogP contribution in [0.3, 0.4) is 0 Å². The van der Waals surface area contributed by atoms with Gasteiger partial charge < -0.3 is 5.32 Å². The quantitative estimate of drug-likeness (QED) is 0.811. The van der Waals surface area contributed by atoms with E-state index >= 15 is 0 Å². The van der Waals surface area contributed by atoms with E-state index in [1.165, 1.54) is 12.0 Å². The van der Waals surface area contributed by atoms with Crippen LogP contribution in [0.1, 0.15) is 50.4 Å². The van der Waals surface area contributed by atoms with Crippen LogP contribution >= 0.6 is 0 Å². The summed E-state index contributed by atoms with van der Waals surface area (Å²) in [5.74, 6) is 1.53. The Kier molecular flexibility index (Phi) is 3.51. The second kappa shape index (κ2) is 5.15. The Labute approximate surface area is 115 Å². The molecule has 0 amide bonds. The average molecular weight is 261 g/mol. The summed E-state index contributed by atoms with van der Waals surface area (Å²) in [7, 11) is 0. The van der Waals surface area contributed by atoms with E-state index in [0.717, 1.165) is 37.1 Å². The van der Waals surface area contributed by atoms with Crippen molar-refractivity contribution in [2.75, 3.05) is 11.9 Å². The number of halogens is 1. The van der Waals surface area contributed by atoms with Crippen LogP contribution in [0.15, 0.2) is 18.2 Å². The molecule has 2 aliphatic rings. The molecule has 19 heavy (non-hydrogen) atoms. The van der Waals surface area contributed by atoms with Gasteiger partial charge in [-0.25, -0.2) is 4.39 Å². The van der Waals surface area contributed by atoms with Crippen molar-refractivity contribution in [3.63, 3.8) is 0 Å². The number of alkyl halides is 1. The van der Waals surface area contributed by atoms with Gasteiger partial charge in [-0.1, -0.05) is 32.0 Å². The summed E-state index contributed by atoms with van der Waals surface area (Å²) in [6, 6.07) is 6.12. The van der Waals surface area contributed by atoms with Gasteiger partial charge in [0.2, 0.25) is 0 Å². The molecule has 3 rings (SSSR count). The van der Waals surface area contributed by atoms with Crippen LogP contribution in [0.25, 0.3) is 0 Å². The minimum atomic E-state index is -0.800. The zero-order chi connectivity index (χ0) is 13.4. The molecule has 2 heteroatoms. The van der Waals surface area contributed by atoms with Crippen LogP contribution in [0.5, 0.6) is 0 Å². The fraction of sp³-hybridized carbons (Fsp3) is 0.647. The highest BCUT2D eigenvalue weighted by atomic mass is 19.1. The van der Waals surface area contributed by atoms with Gasteiger partial charge in [0.15, 0.2) is 0 Å². The molecule has 0 aromatic heterocycles. The molecule has 1 aliphatic heterocycles. The summed E-state index contributed by atoms with van der Waals surface area (Å²) < 4.78 is 15.0. The summed E-state index contributed by atoms with van der Waals surface area (Å²) in [6.45, 7) is 5.49. The molecule has 1 heterocycles. The van der Waals surface area contributed by atoms with Crippen LogP contribution in [0, 0.1) is 17.8 Å². The molecule has 1 aromatic rings. The third-order valence-electron chi connectivity index (χ3n) is 4.81. The first-order valence-corrected chi connectivity index (χ1v) is 7.65. The minimum absolute atomic E-state index is 0.202. The van der Waals surface area contributed by atoms with Crippen molar-refractivity contribution in [3.05, 3.63) is 29.3 Å². The number of anilines is 1. The summed E-state index contributed by atoms with van der Waals surface area (Å²) in [6.07, 6.45) is 3.57. The van der Waals surface area contributed by atoms with Crippen LogP contribution in [0.4, 0.5) is 10.1 Å². The topological polar surface area (TPSA) is 12.0 Å². The molecule has 1 saturated carbocycles. The van der Waals surface area contributed by atoms with Gasteiger partial charge in [-0.2, -0.15) is 0 Å². The van der Waals surface area contributed by atoms with Crippen molar-refractivity contribution in [2.24, 2.45) is 17.8 Å². The maximum absolute atomic E-state index is 15.0. The van der Waals surface area contributed by atoms with Crippen molar-refractivity contribution in [2.45, 2.75) is 45.7 Å². The van der Waals surface area contributed by atoms with Gasteiger partial charge in [0, 0.05) is 17.8 Å². The third-order valence-corrected chi connectivity index (χ3v) is 4.81. The minimum Gasteiger partial charge on any atom is -0.384 e. The molecule has 1 fully saturated rings. The lowest BCUT2D eigenvalue weighted by atomic mass is 9.73. The van der Waals surface area contributed by atoms with Crippen LogP contribution in [0.2, 0.25) is 0 Å². The van der Waals surface area contributed by atoms with Gasteiger partial charge in [-0.3, -0.25) is 0 Å². The monoisotopic (exact) mass is 261 g/mol. The van der Waals surface area contributed by atoms with Crippen LogP contribution < -0.4 is 5.32 Å². The third kappa shape index (κ3) is 2.50. The number of hydrogen-bond donors (Lipinski definition) is 1. The molecule has 0 spiro atoms. The zero-order valence-electron chi connectivity index (χ0n) is 12.0. The Morgan fingerprint density at radius 2 is 1.89 bits per heavy atom. The van der Waals surface area contributed by atoms with Crippen LogP contribution in [-0.4, -0.2) is 6.54 Å². The number of benzene rings is 1. The molecule has 104 valence electrons. The van der Waals surface area contributed by atoms with Gasteiger partial charge >= 0.3 is 0 Å². The van der Waals surface area contributed by atoms with Gasteiger partial charge in [0.1, 0.15) is 6.17 Å². The molecule has 1 nitrogen and oxygen atoms in total. The fourth-order valence-electron chi connectivity index (χ4n) is 4.10. The summed E-state index contributed by atoms with van der Waals surface area (Å²) in [4.78, 5) is 0. The lowest BCUT2D eigenvalue weighted by Gasteiger charge is -2.34. The molecule has 1 aromatic carbocycles. The lowest BCUT2D eigenvalue weighted by molar-refractivity contribution is 0.125. The Morgan fingerprint density at radius 3 is 2.63 bits per heavy atom. The highest BCUT2D eigenvalue weighted by Gasteiger charge is 2.32. The van der Waals surface area contributed by atoms with Crippen LogP contribution in [-0.2, 0) is 6.42 Å². The van der Waals surface area contributed by atoms with Crippen molar-refractivity contribution < 1.29 is 4.39 Å². The highest BCUT2D eigenvalue weighted by molar-refractivity contribution is 5.62. The number of hydrogen-bond acceptors (Lipinski definition) is 1. The standard InChI is InChI=1S/C17H24FN/c1-11-8-12(2)10-14(9-11)16(18)15-5-3-4-13-6-7-19-17(13)15/h3-5,11-12,14,16,19H,6-10H2,1-2H3. The number of para-hydroxylation sites is 1. The molecular weight excluding hydrogens is 237 g/mol. The Morgan fingerprint density at radius 1 is 1.16 bits per heavy atom. The normalized spacial score (nSPS) is 31.6. The maximum Gasteiger partial charge on any atom is 0.130 e. The molecule has 0 radical (unpaired) electrons. The fourth-order valence-corrected chi connectivity index (χ4v) is 4.10. The van der Waals surface area contributed by atoms with E-state index in [1.54, 1.807) is 0 Å². The van der Waals surface area contributed by atoms with Crippen molar-refractivity contribution in [1.82, 2.24) is 0 Å². The van der Waals surface area contributed by atoms with Crippen molar-refractivity contribution in [3.8, 4) is 0 Å².